The molecule has 1 atom stereocenters. The first-order chi connectivity index (χ1) is 7.79. The van der Waals surface area contributed by atoms with Crippen molar-refractivity contribution in [2.24, 2.45) is 0 Å². The molecule has 0 fully saturated rings. The largest absolute Gasteiger partial charge is 0.493 e. The van der Waals surface area contributed by atoms with Crippen LogP contribution in [0.25, 0.3) is 0 Å². The summed E-state index contributed by atoms with van der Waals surface area (Å²) in [5.74, 6) is 1.06. The first kappa shape index (κ1) is 11.3. The highest BCUT2D eigenvalue weighted by Crippen LogP contribution is 2.28. The Bertz CT molecular complexity index is 349. The van der Waals surface area contributed by atoms with Crippen molar-refractivity contribution >= 4 is 5.69 Å². The van der Waals surface area contributed by atoms with Crippen LogP contribution in [0.2, 0.25) is 0 Å². The number of ether oxygens (including phenoxy) is 1. The molecule has 88 valence electrons. The maximum Gasteiger partial charge on any atom is 0.122 e. The first-order valence-corrected chi connectivity index (χ1v) is 6.32. The third-order valence-electron chi connectivity index (χ3n) is 3.09. The third-order valence-corrected chi connectivity index (χ3v) is 3.09. The van der Waals surface area contributed by atoms with Crippen LogP contribution in [0.3, 0.4) is 0 Å². The molecule has 2 nitrogen and oxygen atoms in total. The Balaban J connectivity index is 1.94. The van der Waals surface area contributed by atoms with E-state index in [9.17, 15) is 0 Å². The van der Waals surface area contributed by atoms with E-state index in [0.717, 1.165) is 18.8 Å². The predicted molar refractivity (Wildman–Crippen MR) is 68.3 cm³/mol. The molecule has 1 unspecified atom stereocenters. The summed E-state index contributed by atoms with van der Waals surface area (Å²) < 4.78 is 5.50. The van der Waals surface area contributed by atoms with Gasteiger partial charge in [0.25, 0.3) is 0 Å². The fraction of sp³-hybridized carbons (Fsp3) is 0.571. The standard InChI is InChI=1S/C14H21NO/c1-3-4-5-11(2)15-13-6-7-14-12(10-13)8-9-16-14/h6-7,10-11,15H,3-5,8-9H2,1-2H3. The summed E-state index contributed by atoms with van der Waals surface area (Å²) in [6.45, 7) is 5.32. The van der Waals surface area contributed by atoms with Crippen LogP contribution in [-0.2, 0) is 6.42 Å². The van der Waals surface area contributed by atoms with Crippen molar-refractivity contribution in [3.05, 3.63) is 23.8 Å². The predicted octanol–water partition coefficient (Wildman–Crippen LogP) is 3.61. The molecule has 0 radical (unpaired) electrons. The zero-order valence-electron chi connectivity index (χ0n) is 10.3. The van der Waals surface area contributed by atoms with Gasteiger partial charge in [0.1, 0.15) is 5.75 Å². The fourth-order valence-electron chi connectivity index (χ4n) is 2.14. The molecular formula is C14H21NO. The quantitative estimate of drug-likeness (QED) is 0.816. The maximum atomic E-state index is 5.50. The van der Waals surface area contributed by atoms with E-state index in [0.29, 0.717) is 6.04 Å². The molecule has 1 aromatic rings. The molecule has 0 aliphatic carbocycles. The molecule has 2 heteroatoms. The topological polar surface area (TPSA) is 21.3 Å². The van der Waals surface area contributed by atoms with E-state index in [2.05, 4.69) is 37.4 Å². The zero-order valence-corrected chi connectivity index (χ0v) is 10.3. The summed E-state index contributed by atoms with van der Waals surface area (Å²) in [5, 5.41) is 3.55. The van der Waals surface area contributed by atoms with Crippen molar-refractivity contribution in [1.29, 1.82) is 0 Å². The van der Waals surface area contributed by atoms with Crippen LogP contribution in [0.4, 0.5) is 5.69 Å². The van der Waals surface area contributed by atoms with Crippen LogP contribution in [-0.4, -0.2) is 12.6 Å². The van der Waals surface area contributed by atoms with Gasteiger partial charge in [-0.15, -0.1) is 0 Å². The minimum absolute atomic E-state index is 0.556. The highest BCUT2D eigenvalue weighted by Gasteiger charge is 2.12. The summed E-state index contributed by atoms with van der Waals surface area (Å²) in [6, 6.07) is 6.98. The lowest BCUT2D eigenvalue weighted by atomic mass is 10.1. The number of unbranched alkanes of at least 4 members (excludes halogenated alkanes) is 1. The van der Waals surface area contributed by atoms with E-state index < -0.39 is 0 Å². The Hall–Kier alpha value is -1.18. The normalized spacial score (nSPS) is 15.4. The van der Waals surface area contributed by atoms with Crippen molar-refractivity contribution in [2.45, 2.75) is 45.6 Å². The van der Waals surface area contributed by atoms with Crippen LogP contribution in [0.1, 0.15) is 38.7 Å². The zero-order chi connectivity index (χ0) is 11.4. The lowest BCUT2D eigenvalue weighted by Gasteiger charge is -2.15. The Morgan fingerprint density at radius 1 is 1.44 bits per heavy atom. The molecular weight excluding hydrogens is 198 g/mol. The van der Waals surface area contributed by atoms with Gasteiger partial charge in [-0.1, -0.05) is 19.8 Å². The molecule has 16 heavy (non-hydrogen) atoms. The number of hydrogen-bond donors (Lipinski definition) is 1. The highest BCUT2D eigenvalue weighted by molar-refractivity contribution is 5.52. The van der Waals surface area contributed by atoms with Crippen molar-refractivity contribution in [1.82, 2.24) is 0 Å². The van der Waals surface area contributed by atoms with Gasteiger partial charge in [-0.05, 0) is 37.1 Å². The first-order valence-electron chi connectivity index (χ1n) is 6.32. The summed E-state index contributed by atoms with van der Waals surface area (Å²) >= 11 is 0. The smallest absolute Gasteiger partial charge is 0.122 e. The van der Waals surface area contributed by atoms with E-state index in [-0.39, 0.29) is 0 Å². The SMILES string of the molecule is CCCCC(C)Nc1ccc2c(c1)CCO2. The monoisotopic (exact) mass is 219 g/mol. The van der Waals surface area contributed by atoms with E-state index in [1.165, 1.54) is 30.5 Å². The van der Waals surface area contributed by atoms with Gasteiger partial charge in [0.2, 0.25) is 0 Å². The second-order valence-electron chi connectivity index (χ2n) is 4.61. The van der Waals surface area contributed by atoms with E-state index in [1.807, 2.05) is 0 Å². The van der Waals surface area contributed by atoms with Gasteiger partial charge >= 0.3 is 0 Å². The number of benzene rings is 1. The van der Waals surface area contributed by atoms with Crippen molar-refractivity contribution in [2.75, 3.05) is 11.9 Å². The maximum absolute atomic E-state index is 5.50. The van der Waals surface area contributed by atoms with E-state index in [4.69, 9.17) is 4.74 Å². The molecule has 1 heterocycles. The molecule has 0 saturated heterocycles. The molecule has 0 bridgehead atoms. The minimum Gasteiger partial charge on any atom is -0.493 e. The molecule has 1 aliphatic rings. The average molecular weight is 219 g/mol. The lowest BCUT2D eigenvalue weighted by molar-refractivity contribution is 0.357. The Morgan fingerprint density at radius 2 is 2.31 bits per heavy atom. The van der Waals surface area contributed by atoms with Gasteiger partial charge in [-0.3, -0.25) is 0 Å². The van der Waals surface area contributed by atoms with Gasteiger partial charge in [0.15, 0.2) is 0 Å². The second kappa shape index (κ2) is 5.24. The van der Waals surface area contributed by atoms with Crippen LogP contribution in [0, 0.1) is 0 Å². The van der Waals surface area contributed by atoms with Crippen LogP contribution < -0.4 is 10.1 Å². The molecule has 2 rings (SSSR count). The average Bonchev–Trinajstić information content (AvgIpc) is 2.73. The van der Waals surface area contributed by atoms with Gasteiger partial charge in [0, 0.05) is 18.2 Å². The van der Waals surface area contributed by atoms with Crippen molar-refractivity contribution in [3.63, 3.8) is 0 Å². The summed E-state index contributed by atoms with van der Waals surface area (Å²) in [6.07, 6.45) is 4.85. The number of nitrogens with one attached hydrogen (secondary N) is 1. The van der Waals surface area contributed by atoms with Crippen molar-refractivity contribution < 1.29 is 4.74 Å². The molecule has 0 saturated carbocycles. The second-order valence-corrected chi connectivity index (χ2v) is 4.61. The molecule has 1 aromatic carbocycles. The molecule has 0 amide bonds. The lowest BCUT2D eigenvalue weighted by Crippen LogP contribution is -2.14. The molecule has 0 aromatic heterocycles. The number of rotatable bonds is 5. The minimum atomic E-state index is 0.556. The van der Waals surface area contributed by atoms with E-state index in [1.54, 1.807) is 0 Å². The highest BCUT2D eigenvalue weighted by atomic mass is 16.5. The summed E-state index contributed by atoms with van der Waals surface area (Å²) in [5.41, 5.74) is 2.57. The van der Waals surface area contributed by atoms with Gasteiger partial charge in [-0.25, -0.2) is 0 Å². The summed E-state index contributed by atoms with van der Waals surface area (Å²) in [7, 11) is 0. The number of fused-ring (bicyclic) bond motifs is 1. The van der Waals surface area contributed by atoms with E-state index >= 15 is 0 Å². The molecule has 1 N–H and O–H groups in total. The third kappa shape index (κ3) is 2.69. The molecule has 1 aliphatic heterocycles. The van der Waals surface area contributed by atoms with Gasteiger partial charge in [0.05, 0.1) is 6.61 Å². The van der Waals surface area contributed by atoms with Gasteiger partial charge < -0.3 is 10.1 Å². The number of anilines is 1. The Kier molecular flexibility index (Phi) is 3.70. The van der Waals surface area contributed by atoms with Crippen molar-refractivity contribution in [3.8, 4) is 5.75 Å². The molecule has 0 spiro atoms. The van der Waals surface area contributed by atoms with Crippen LogP contribution >= 0.6 is 0 Å². The van der Waals surface area contributed by atoms with Crippen LogP contribution in [0.15, 0.2) is 18.2 Å². The number of hydrogen-bond acceptors (Lipinski definition) is 2. The Labute approximate surface area is 98.0 Å². The summed E-state index contributed by atoms with van der Waals surface area (Å²) in [4.78, 5) is 0. The fourth-order valence-corrected chi connectivity index (χ4v) is 2.14. The van der Waals surface area contributed by atoms with Gasteiger partial charge in [-0.2, -0.15) is 0 Å². The Morgan fingerprint density at radius 3 is 3.12 bits per heavy atom. The van der Waals surface area contributed by atoms with Crippen LogP contribution in [0.5, 0.6) is 5.75 Å².